The second-order valence-corrected chi connectivity index (χ2v) is 7.13. The van der Waals surface area contributed by atoms with E-state index in [9.17, 15) is 4.79 Å². The molecule has 0 bridgehead atoms. The van der Waals surface area contributed by atoms with Crippen molar-refractivity contribution in [2.24, 2.45) is 5.41 Å². The van der Waals surface area contributed by atoms with Crippen LogP contribution in [-0.4, -0.2) is 23.4 Å². The Balaban J connectivity index is 2.11. The summed E-state index contributed by atoms with van der Waals surface area (Å²) in [5.74, 6) is 0.220. The van der Waals surface area contributed by atoms with E-state index < -0.39 is 0 Å². The summed E-state index contributed by atoms with van der Waals surface area (Å²) >= 11 is 1.70. The van der Waals surface area contributed by atoms with E-state index in [-0.39, 0.29) is 23.5 Å². The quantitative estimate of drug-likeness (QED) is 0.912. The molecule has 1 saturated heterocycles. The molecule has 0 spiro atoms. The van der Waals surface area contributed by atoms with Gasteiger partial charge in [0.2, 0.25) is 5.91 Å². The Morgan fingerprint density at radius 3 is 2.72 bits per heavy atom. The van der Waals surface area contributed by atoms with Crippen molar-refractivity contribution >= 4 is 17.2 Å². The molecule has 2 heterocycles. The van der Waals surface area contributed by atoms with E-state index in [1.165, 1.54) is 4.88 Å². The van der Waals surface area contributed by atoms with Crippen molar-refractivity contribution in [3.63, 3.8) is 0 Å². The summed E-state index contributed by atoms with van der Waals surface area (Å²) in [7, 11) is 0. The van der Waals surface area contributed by atoms with Gasteiger partial charge >= 0.3 is 0 Å². The fourth-order valence-electron chi connectivity index (χ4n) is 2.15. The van der Waals surface area contributed by atoms with Gasteiger partial charge in [0.1, 0.15) is 6.17 Å². The van der Waals surface area contributed by atoms with E-state index in [2.05, 4.69) is 37.5 Å². The highest BCUT2D eigenvalue weighted by molar-refractivity contribution is 7.10. The molecule has 100 valence electrons. The lowest BCUT2D eigenvalue weighted by Gasteiger charge is -2.27. The van der Waals surface area contributed by atoms with Gasteiger partial charge in [-0.1, -0.05) is 26.8 Å². The second-order valence-electron chi connectivity index (χ2n) is 6.15. The third-order valence-electron chi connectivity index (χ3n) is 3.29. The third kappa shape index (κ3) is 2.93. The first-order valence-corrected chi connectivity index (χ1v) is 7.36. The number of rotatable bonds is 3. The zero-order chi connectivity index (χ0) is 13.3. The van der Waals surface area contributed by atoms with Gasteiger partial charge in [-0.25, -0.2) is 0 Å². The summed E-state index contributed by atoms with van der Waals surface area (Å²) in [6, 6.07) is 4.06. The summed E-state index contributed by atoms with van der Waals surface area (Å²) in [4.78, 5) is 15.4. The van der Waals surface area contributed by atoms with E-state index in [4.69, 9.17) is 0 Å². The minimum absolute atomic E-state index is 0.0647. The molecular weight excluding hydrogens is 244 g/mol. The van der Waals surface area contributed by atoms with E-state index in [0.29, 0.717) is 0 Å². The maximum atomic E-state index is 12.2. The molecule has 1 aromatic heterocycles. The van der Waals surface area contributed by atoms with Crippen LogP contribution in [0.15, 0.2) is 17.5 Å². The van der Waals surface area contributed by atoms with Gasteiger partial charge in [0.05, 0.1) is 6.04 Å². The van der Waals surface area contributed by atoms with Gasteiger partial charge < -0.3 is 4.90 Å². The Bertz CT molecular complexity index is 408. The van der Waals surface area contributed by atoms with Crippen LogP contribution in [0, 0.1) is 5.41 Å². The number of nitrogens with one attached hydrogen (secondary N) is 1. The van der Waals surface area contributed by atoms with E-state index >= 15 is 0 Å². The maximum Gasteiger partial charge on any atom is 0.241 e. The van der Waals surface area contributed by atoms with Crippen molar-refractivity contribution < 1.29 is 4.79 Å². The Morgan fingerprint density at radius 2 is 2.17 bits per heavy atom. The van der Waals surface area contributed by atoms with Crippen LogP contribution < -0.4 is 5.32 Å². The van der Waals surface area contributed by atoms with E-state index in [1.807, 2.05) is 17.9 Å². The predicted octanol–water partition coefficient (Wildman–Crippen LogP) is 3.00. The molecule has 1 aliphatic heterocycles. The Kier molecular flexibility index (Phi) is 3.78. The molecule has 0 aromatic carbocycles. The fourth-order valence-corrected chi connectivity index (χ4v) is 2.95. The van der Waals surface area contributed by atoms with Gasteiger partial charge in [-0.2, -0.15) is 0 Å². The predicted molar refractivity (Wildman–Crippen MR) is 75.4 cm³/mol. The lowest BCUT2D eigenvalue weighted by Crippen LogP contribution is -2.33. The fraction of sp³-hybridized carbons (Fsp3) is 0.643. The van der Waals surface area contributed by atoms with Crippen molar-refractivity contribution in [1.82, 2.24) is 10.2 Å². The average Bonchev–Trinajstić information content (AvgIpc) is 2.85. The van der Waals surface area contributed by atoms with Crippen LogP contribution in [0.4, 0.5) is 0 Å². The number of nitrogens with zero attached hydrogens (tertiary/aromatic N) is 1. The van der Waals surface area contributed by atoms with Crippen molar-refractivity contribution in [3.05, 3.63) is 22.4 Å². The van der Waals surface area contributed by atoms with Gasteiger partial charge in [0, 0.05) is 11.4 Å². The molecule has 1 N–H and O–H groups in total. The molecule has 1 fully saturated rings. The first kappa shape index (κ1) is 13.6. The first-order chi connectivity index (χ1) is 8.38. The summed E-state index contributed by atoms with van der Waals surface area (Å²) in [6.45, 7) is 9.40. The molecule has 2 atom stereocenters. The molecule has 0 aliphatic carbocycles. The number of amides is 1. The highest BCUT2D eigenvalue weighted by Crippen LogP contribution is 2.30. The van der Waals surface area contributed by atoms with Crippen molar-refractivity contribution in [1.29, 1.82) is 0 Å². The van der Waals surface area contributed by atoms with E-state index in [0.717, 1.165) is 13.0 Å². The van der Waals surface area contributed by atoms with Crippen LogP contribution in [0.3, 0.4) is 0 Å². The molecule has 0 radical (unpaired) electrons. The molecule has 1 aromatic rings. The molecule has 2 unspecified atom stereocenters. The van der Waals surface area contributed by atoms with Crippen LogP contribution in [0.1, 0.15) is 45.2 Å². The van der Waals surface area contributed by atoms with E-state index in [1.54, 1.807) is 11.3 Å². The van der Waals surface area contributed by atoms with Crippen molar-refractivity contribution in [3.8, 4) is 0 Å². The molecule has 0 saturated carbocycles. The highest BCUT2D eigenvalue weighted by atomic mass is 32.1. The zero-order valence-electron chi connectivity index (χ0n) is 11.6. The smallest absolute Gasteiger partial charge is 0.241 e. The standard InChI is InChI=1S/C14H22N2OS/c1-10-13(17)16(8-7-14(2,3)4)12(15-10)11-6-5-9-18-11/h5-6,9-10,12,15H,7-8H2,1-4H3. The number of carbonyl (C=O) groups excluding carboxylic acids is 1. The number of thiophene rings is 1. The topological polar surface area (TPSA) is 32.3 Å². The molecule has 3 nitrogen and oxygen atoms in total. The number of hydrogen-bond donors (Lipinski definition) is 1. The Hall–Kier alpha value is -0.870. The summed E-state index contributed by atoms with van der Waals surface area (Å²) in [5, 5.41) is 5.44. The minimum atomic E-state index is -0.0722. The highest BCUT2D eigenvalue weighted by Gasteiger charge is 2.37. The SMILES string of the molecule is CC1NC(c2cccs2)N(CCC(C)(C)C)C1=O. The summed E-state index contributed by atoms with van der Waals surface area (Å²) in [5.41, 5.74) is 0.256. The lowest BCUT2D eigenvalue weighted by atomic mass is 9.92. The van der Waals surface area contributed by atoms with Gasteiger partial charge in [-0.3, -0.25) is 10.1 Å². The van der Waals surface area contributed by atoms with Crippen molar-refractivity contribution in [2.75, 3.05) is 6.54 Å². The van der Waals surface area contributed by atoms with Gasteiger partial charge in [0.25, 0.3) is 0 Å². The normalized spacial score (nSPS) is 24.9. The molecule has 4 heteroatoms. The molecule has 1 aliphatic rings. The van der Waals surface area contributed by atoms with Crippen LogP contribution in [0.25, 0.3) is 0 Å². The monoisotopic (exact) mass is 266 g/mol. The van der Waals surface area contributed by atoms with Gasteiger partial charge in [-0.05, 0) is 30.2 Å². The van der Waals surface area contributed by atoms with Crippen LogP contribution >= 0.6 is 11.3 Å². The van der Waals surface area contributed by atoms with Crippen LogP contribution in [-0.2, 0) is 4.79 Å². The third-order valence-corrected chi connectivity index (χ3v) is 4.21. The second kappa shape index (κ2) is 5.02. The summed E-state index contributed by atoms with van der Waals surface area (Å²) < 4.78 is 0. The minimum Gasteiger partial charge on any atom is -0.321 e. The van der Waals surface area contributed by atoms with Gasteiger partial charge in [0.15, 0.2) is 0 Å². The Labute approximate surface area is 113 Å². The first-order valence-electron chi connectivity index (χ1n) is 6.48. The maximum absolute atomic E-state index is 12.2. The van der Waals surface area contributed by atoms with Crippen molar-refractivity contribution in [2.45, 2.75) is 46.3 Å². The number of hydrogen-bond acceptors (Lipinski definition) is 3. The average molecular weight is 266 g/mol. The largest absolute Gasteiger partial charge is 0.321 e. The van der Waals surface area contributed by atoms with Crippen LogP contribution in [0.2, 0.25) is 0 Å². The molecular formula is C14H22N2OS. The molecule has 2 rings (SSSR count). The zero-order valence-corrected chi connectivity index (χ0v) is 12.4. The Morgan fingerprint density at radius 1 is 1.44 bits per heavy atom. The van der Waals surface area contributed by atoms with Crippen LogP contribution in [0.5, 0.6) is 0 Å². The molecule has 1 amide bonds. The molecule has 18 heavy (non-hydrogen) atoms. The summed E-state index contributed by atoms with van der Waals surface area (Å²) in [6.07, 6.45) is 1.09. The lowest BCUT2D eigenvalue weighted by molar-refractivity contribution is -0.130. The van der Waals surface area contributed by atoms with Gasteiger partial charge in [-0.15, -0.1) is 11.3 Å². The number of carbonyl (C=O) groups is 1.